The molecular formula is C19H23NO5. The largest absolute Gasteiger partial charge is 0.496 e. The van der Waals surface area contributed by atoms with Crippen LogP contribution in [-0.2, 0) is 11.3 Å². The molecule has 0 radical (unpaired) electrons. The molecule has 2 heterocycles. The van der Waals surface area contributed by atoms with Gasteiger partial charge in [0, 0.05) is 12.6 Å². The van der Waals surface area contributed by atoms with E-state index in [1.54, 1.807) is 26.2 Å². The van der Waals surface area contributed by atoms with Gasteiger partial charge in [-0.3, -0.25) is 9.69 Å². The molecule has 6 nitrogen and oxygen atoms in total. The number of esters is 1. The van der Waals surface area contributed by atoms with Crippen LogP contribution in [0.3, 0.4) is 0 Å². The van der Waals surface area contributed by atoms with E-state index in [-0.39, 0.29) is 17.8 Å². The molecular weight excluding hydrogens is 322 g/mol. The Morgan fingerprint density at radius 1 is 1.24 bits per heavy atom. The van der Waals surface area contributed by atoms with Gasteiger partial charge in [0.2, 0.25) is 5.76 Å². The maximum atomic E-state index is 12.4. The summed E-state index contributed by atoms with van der Waals surface area (Å²) in [6.45, 7) is 4.56. The van der Waals surface area contributed by atoms with Gasteiger partial charge in [0.05, 0.1) is 24.7 Å². The van der Waals surface area contributed by atoms with Crippen LogP contribution in [0.2, 0.25) is 0 Å². The minimum absolute atomic E-state index is 0.0764. The lowest BCUT2D eigenvalue weighted by atomic mass is 10.1. The Hall–Kier alpha value is -2.34. The summed E-state index contributed by atoms with van der Waals surface area (Å²) < 4.78 is 16.2. The fraction of sp³-hybridized carbons (Fsp3) is 0.474. The minimum atomic E-state index is -0.631. The highest BCUT2D eigenvalue weighted by atomic mass is 16.5. The fourth-order valence-electron chi connectivity index (χ4n) is 3.24. The quantitative estimate of drug-likeness (QED) is 0.776. The van der Waals surface area contributed by atoms with Crippen molar-refractivity contribution in [2.75, 3.05) is 26.8 Å². The van der Waals surface area contributed by atoms with Crippen molar-refractivity contribution in [1.82, 2.24) is 4.90 Å². The number of carbonyl (C=O) groups is 1. The molecule has 0 unspecified atom stereocenters. The van der Waals surface area contributed by atoms with Gasteiger partial charge >= 0.3 is 5.97 Å². The molecule has 2 aromatic rings. The van der Waals surface area contributed by atoms with Crippen molar-refractivity contribution in [3.8, 4) is 5.75 Å². The molecule has 1 saturated heterocycles. The number of benzene rings is 1. The molecule has 25 heavy (non-hydrogen) atoms. The number of hydrogen-bond donors (Lipinski definition) is 0. The van der Waals surface area contributed by atoms with Crippen molar-refractivity contribution in [3.05, 3.63) is 39.7 Å². The topological polar surface area (TPSA) is 69.0 Å². The van der Waals surface area contributed by atoms with Crippen LogP contribution in [0.4, 0.5) is 0 Å². The summed E-state index contributed by atoms with van der Waals surface area (Å²) >= 11 is 0. The summed E-state index contributed by atoms with van der Waals surface area (Å²) in [4.78, 5) is 26.7. The number of ether oxygens (including phenoxy) is 2. The van der Waals surface area contributed by atoms with Gasteiger partial charge in [0.15, 0.2) is 5.43 Å². The molecule has 6 heteroatoms. The van der Waals surface area contributed by atoms with E-state index in [4.69, 9.17) is 13.9 Å². The first kappa shape index (κ1) is 17.5. The van der Waals surface area contributed by atoms with Crippen molar-refractivity contribution >= 4 is 16.9 Å². The Kier molecular flexibility index (Phi) is 5.38. The molecule has 1 fully saturated rings. The van der Waals surface area contributed by atoms with E-state index in [1.807, 2.05) is 0 Å². The summed E-state index contributed by atoms with van der Waals surface area (Å²) in [6, 6.07) is 4.65. The van der Waals surface area contributed by atoms with Gasteiger partial charge in [-0.25, -0.2) is 4.79 Å². The van der Waals surface area contributed by atoms with E-state index >= 15 is 0 Å². The molecule has 1 aliphatic heterocycles. The van der Waals surface area contributed by atoms with Crippen LogP contribution in [0.15, 0.2) is 27.4 Å². The Morgan fingerprint density at radius 3 is 2.68 bits per heavy atom. The van der Waals surface area contributed by atoms with Crippen LogP contribution < -0.4 is 10.2 Å². The molecule has 0 bridgehead atoms. The first-order valence-corrected chi connectivity index (χ1v) is 8.67. The third-order valence-corrected chi connectivity index (χ3v) is 4.48. The van der Waals surface area contributed by atoms with E-state index in [9.17, 15) is 9.59 Å². The van der Waals surface area contributed by atoms with Crippen molar-refractivity contribution in [2.24, 2.45) is 0 Å². The average molecular weight is 345 g/mol. The molecule has 1 aromatic carbocycles. The number of hydrogen-bond acceptors (Lipinski definition) is 6. The van der Waals surface area contributed by atoms with Gasteiger partial charge in [-0.15, -0.1) is 0 Å². The Balaban J connectivity index is 2.10. The first-order chi connectivity index (χ1) is 12.1. The maximum Gasteiger partial charge on any atom is 0.374 e. The average Bonchev–Trinajstić information content (AvgIpc) is 2.63. The minimum Gasteiger partial charge on any atom is -0.496 e. The number of likely N-dealkylation sites (tertiary alicyclic amines) is 1. The normalized spacial score (nSPS) is 15.3. The van der Waals surface area contributed by atoms with Crippen LogP contribution in [0.25, 0.3) is 11.0 Å². The maximum absolute atomic E-state index is 12.4. The van der Waals surface area contributed by atoms with Crippen LogP contribution in [-0.4, -0.2) is 37.7 Å². The Labute approximate surface area is 146 Å². The van der Waals surface area contributed by atoms with Crippen molar-refractivity contribution in [3.63, 3.8) is 0 Å². The fourth-order valence-corrected chi connectivity index (χ4v) is 3.24. The highest BCUT2D eigenvalue weighted by molar-refractivity contribution is 5.90. The SMILES string of the molecule is CCOC(=O)c1cc(=O)c2ccc(OC)c(CN3CCCCC3)c2o1. The zero-order valence-corrected chi connectivity index (χ0v) is 14.7. The number of fused-ring (bicyclic) bond motifs is 1. The zero-order chi connectivity index (χ0) is 17.8. The molecule has 0 spiro atoms. The highest BCUT2D eigenvalue weighted by Crippen LogP contribution is 2.29. The van der Waals surface area contributed by atoms with Crippen LogP contribution in [0.1, 0.15) is 42.3 Å². The second-order valence-electron chi connectivity index (χ2n) is 6.16. The zero-order valence-electron chi connectivity index (χ0n) is 14.7. The third-order valence-electron chi connectivity index (χ3n) is 4.48. The number of nitrogens with zero attached hydrogens (tertiary/aromatic N) is 1. The Bertz CT molecular complexity index is 820. The van der Waals surface area contributed by atoms with Crippen molar-refractivity contribution in [1.29, 1.82) is 0 Å². The molecule has 134 valence electrons. The van der Waals surface area contributed by atoms with Gasteiger partial charge in [-0.05, 0) is 45.0 Å². The van der Waals surface area contributed by atoms with Crippen LogP contribution in [0, 0.1) is 0 Å². The van der Waals surface area contributed by atoms with Gasteiger partial charge < -0.3 is 13.9 Å². The summed E-state index contributed by atoms with van der Waals surface area (Å²) in [6.07, 6.45) is 3.56. The number of rotatable bonds is 5. The van der Waals surface area contributed by atoms with E-state index in [0.29, 0.717) is 23.3 Å². The van der Waals surface area contributed by atoms with E-state index in [0.717, 1.165) is 31.5 Å². The monoisotopic (exact) mass is 345 g/mol. The first-order valence-electron chi connectivity index (χ1n) is 8.67. The van der Waals surface area contributed by atoms with E-state index < -0.39 is 5.97 Å². The number of carbonyl (C=O) groups excluding carboxylic acids is 1. The summed E-state index contributed by atoms with van der Waals surface area (Å²) in [5, 5.41) is 0.445. The summed E-state index contributed by atoms with van der Waals surface area (Å²) in [5.41, 5.74) is 0.942. The molecule has 0 N–H and O–H groups in total. The highest BCUT2D eigenvalue weighted by Gasteiger charge is 2.20. The van der Waals surface area contributed by atoms with Crippen molar-refractivity contribution in [2.45, 2.75) is 32.7 Å². The van der Waals surface area contributed by atoms with Crippen LogP contribution >= 0.6 is 0 Å². The smallest absolute Gasteiger partial charge is 0.374 e. The molecule has 0 amide bonds. The summed E-state index contributed by atoms with van der Waals surface area (Å²) in [5.74, 6) is -0.0528. The number of methoxy groups -OCH3 is 1. The molecule has 0 atom stereocenters. The van der Waals surface area contributed by atoms with Gasteiger partial charge in [-0.1, -0.05) is 6.42 Å². The van der Waals surface area contributed by atoms with Crippen LogP contribution in [0.5, 0.6) is 5.75 Å². The predicted octanol–water partition coefficient (Wildman–Crippen LogP) is 2.96. The van der Waals surface area contributed by atoms with Gasteiger partial charge in [0.25, 0.3) is 0 Å². The summed E-state index contributed by atoms with van der Waals surface area (Å²) in [7, 11) is 1.59. The Morgan fingerprint density at radius 2 is 2.00 bits per heavy atom. The molecule has 3 rings (SSSR count). The number of piperidine rings is 1. The third kappa shape index (κ3) is 3.69. The van der Waals surface area contributed by atoms with E-state index in [2.05, 4.69) is 4.90 Å². The lowest BCUT2D eigenvalue weighted by Gasteiger charge is -2.27. The molecule has 1 aromatic heterocycles. The lowest BCUT2D eigenvalue weighted by molar-refractivity contribution is 0.0490. The molecule has 1 aliphatic rings. The standard InChI is InChI=1S/C19H23NO5/c1-3-24-19(22)17-11-15(21)13-7-8-16(23-2)14(18(13)25-17)12-20-9-5-4-6-10-20/h7-8,11H,3-6,9-10,12H2,1-2H3. The molecule has 0 aliphatic carbocycles. The predicted molar refractivity (Wildman–Crippen MR) is 94.1 cm³/mol. The lowest BCUT2D eigenvalue weighted by Crippen LogP contribution is -2.29. The second kappa shape index (κ2) is 7.70. The van der Waals surface area contributed by atoms with E-state index in [1.165, 1.54) is 12.5 Å². The van der Waals surface area contributed by atoms with Gasteiger partial charge in [-0.2, -0.15) is 0 Å². The molecule has 0 saturated carbocycles. The second-order valence-corrected chi connectivity index (χ2v) is 6.16. The van der Waals surface area contributed by atoms with Gasteiger partial charge in [0.1, 0.15) is 11.3 Å². The van der Waals surface area contributed by atoms with Crippen molar-refractivity contribution < 1.29 is 18.7 Å².